The minimum atomic E-state index is -0.0794. The largest absolute Gasteiger partial charge is 0.497 e. The zero-order chi connectivity index (χ0) is 17.9. The van der Waals surface area contributed by atoms with E-state index in [4.69, 9.17) is 4.74 Å². The Morgan fingerprint density at radius 3 is 2.81 bits per heavy atom. The van der Waals surface area contributed by atoms with Crippen LogP contribution in [-0.4, -0.2) is 24.5 Å². The van der Waals surface area contributed by atoms with Crippen molar-refractivity contribution in [2.45, 2.75) is 6.42 Å². The first-order chi connectivity index (χ1) is 12.7. The summed E-state index contributed by atoms with van der Waals surface area (Å²) in [6, 6.07) is 19.3. The molecule has 0 radical (unpaired) electrons. The second kappa shape index (κ2) is 6.88. The van der Waals surface area contributed by atoms with Gasteiger partial charge >= 0.3 is 0 Å². The van der Waals surface area contributed by atoms with Crippen molar-refractivity contribution in [2.24, 2.45) is 0 Å². The van der Waals surface area contributed by atoms with Gasteiger partial charge in [-0.25, -0.2) is 0 Å². The standard InChI is InChI=1S/C21H19N3O2/c1-26-18-7-4-6-16(13-18)23-17-9-11-22-19(14-17)21(25)24-12-10-15-5-2-3-8-20(15)24/h2-9,11,13-14H,10,12H2,1H3,(H,22,23). The number of nitrogens with one attached hydrogen (secondary N) is 1. The Bertz CT molecular complexity index is 955. The first kappa shape index (κ1) is 16.1. The van der Waals surface area contributed by atoms with E-state index in [1.54, 1.807) is 24.3 Å². The molecule has 0 saturated carbocycles. The lowest BCUT2D eigenvalue weighted by atomic mass is 10.2. The summed E-state index contributed by atoms with van der Waals surface area (Å²) in [6.07, 6.45) is 2.53. The molecule has 0 fully saturated rings. The van der Waals surface area contributed by atoms with Crippen LogP contribution in [0, 0.1) is 0 Å². The minimum Gasteiger partial charge on any atom is -0.497 e. The molecule has 1 aromatic heterocycles. The second-order valence-corrected chi connectivity index (χ2v) is 6.12. The molecule has 0 bridgehead atoms. The number of amides is 1. The molecule has 5 nitrogen and oxygen atoms in total. The van der Waals surface area contributed by atoms with Gasteiger partial charge < -0.3 is 15.0 Å². The number of rotatable bonds is 4. The predicted octanol–water partition coefficient (Wildman–Crippen LogP) is 4.04. The SMILES string of the molecule is COc1cccc(Nc2ccnc(C(=O)N3CCc4ccccc43)c2)c1. The van der Waals surface area contributed by atoms with Crippen LogP contribution >= 0.6 is 0 Å². The lowest BCUT2D eigenvalue weighted by molar-refractivity contribution is 0.0984. The average molecular weight is 345 g/mol. The number of pyridine rings is 1. The van der Waals surface area contributed by atoms with Gasteiger partial charge in [-0.1, -0.05) is 24.3 Å². The summed E-state index contributed by atoms with van der Waals surface area (Å²) in [4.78, 5) is 19.0. The van der Waals surface area contributed by atoms with Gasteiger partial charge in [0.2, 0.25) is 0 Å². The van der Waals surface area contributed by atoms with Crippen molar-refractivity contribution < 1.29 is 9.53 Å². The molecule has 3 aromatic rings. The molecular formula is C21H19N3O2. The molecule has 2 aromatic carbocycles. The van der Waals surface area contributed by atoms with E-state index in [1.807, 2.05) is 48.5 Å². The predicted molar refractivity (Wildman–Crippen MR) is 102 cm³/mol. The van der Waals surface area contributed by atoms with Crippen molar-refractivity contribution in [1.82, 2.24) is 4.98 Å². The van der Waals surface area contributed by atoms with Crippen molar-refractivity contribution in [3.63, 3.8) is 0 Å². The molecule has 1 N–H and O–H groups in total. The fraction of sp³-hybridized carbons (Fsp3) is 0.143. The molecule has 26 heavy (non-hydrogen) atoms. The fourth-order valence-corrected chi connectivity index (χ4v) is 3.18. The first-order valence-corrected chi connectivity index (χ1v) is 8.51. The van der Waals surface area contributed by atoms with Gasteiger partial charge in [0.05, 0.1) is 7.11 Å². The minimum absolute atomic E-state index is 0.0794. The number of hydrogen-bond acceptors (Lipinski definition) is 4. The Balaban J connectivity index is 1.57. The smallest absolute Gasteiger partial charge is 0.276 e. The third-order valence-electron chi connectivity index (χ3n) is 4.47. The van der Waals surface area contributed by atoms with Crippen LogP contribution < -0.4 is 15.0 Å². The highest BCUT2D eigenvalue weighted by molar-refractivity contribution is 6.06. The van der Waals surface area contributed by atoms with Gasteiger partial charge in [-0.05, 0) is 42.3 Å². The van der Waals surface area contributed by atoms with Crippen molar-refractivity contribution in [1.29, 1.82) is 0 Å². The van der Waals surface area contributed by atoms with Crippen LogP contribution in [0.1, 0.15) is 16.1 Å². The molecule has 0 unspecified atom stereocenters. The van der Waals surface area contributed by atoms with Gasteiger partial charge in [0, 0.05) is 35.9 Å². The maximum absolute atomic E-state index is 12.9. The van der Waals surface area contributed by atoms with Gasteiger partial charge in [0.25, 0.3) is 5.91 Å². The van der Waals surface area contributed by atoms with Crippen LogP contribution in [0.3, 0.4) is 0 Å². The van der Waals surface area contributed by atoms with Crippen molar-refractivity contribution >= 4 is 23.0 Å². The summed E-state index contributed by atoms with van der Waals surface area (Å²) in [5.74, 6) is 0.693. The summed E-state index contributed by atoms with van der Waals surface area (Å²) in [5.41, 5.74) is 4.30. The Hall–Kier alpha value is -3.34. The molecule has 1 aliphatic rings. The van der Waals surface area contributed by atoms with E-state index in [0.717, 1.165) is 29.2 Å². The quantitative estimate of drug-likeness (QED) is 0.775. The van der Waals surface area contributed by atoms with Crippen molar-refractivity contribution in [2.75, 3.05) is 23.9 Å². The van der Waals surface area contributed by atoms with E-state index in [2.05, 4.69) is 16.4 Å². The highest BCUT2D eigenvalue weighted by Gasteiger charge is 2.25. The van der Waals surface area contributed by atoms with E-state index in [1.165, 1.54) is 5.56 Å². The Morgan fingerprint density at radius 2 is 1.92 bits per heavy atom. The number of nitrogens with zero attached hydrogens (tertiary/aromatic N) is 2. The molecule has 5 heteroatoms. The summed E-state index contributed by atoms with van der Waals surface area (Å²) >= 11 is 0. The zero-order valence-electron chi connectivity index (χ0n) is 14.5. The molecule has 1 amide bonds. The summed E-state index contributed by atoms with van der Waals surface area (Å²) < 4.78 is 5.24. The van der Waals surface area contributed by atoms with E-state index < -0.39 is 0 Å². The topological polar surface area (TPSA) is 54.5 Å². The van der Waals surface area contributed by atoms with Gasteiger partial charge in [-0.15, -0.1) is 0 Å². The number of hydrogen-bond donors (Lipinski definition) is 1. The Labute approximate surface area is 152 Å². The van der Waals surface area contributed by atoms with Crippen LogP contribution in [0.2, 0.25) is 0 Å². The lowest BCUT2D eigenvalue weighted by Crippen LogP contribution is -2.29. The number of benzene rings is 2. The zero-order valence-corrected chi connectivity index (χ0v) is 14.5. The van der Waals surface area contributed by atoms with Crippen LogP contribution in [0.5, 0.6) is 5.75 Å². The summed E-state index contributed by atoms with van der Waals surface area (Å²) in [5, 5.41) is 3.29. The summed E-state index contributed by atoms with van der Waals surface area (Å²) in [7, 11) is 1.64. The van der Waals surface area contributed by atoms with Crippen LogP contribution in [0.4, 0.5) is 17.1 Å². The number of carbonyl (C=O) groups is 1. The summed E-state index contributed by atoms with van der Waals surface area (Å²) in [6.45, 7) is 0.688. The third-order valence-corrected chi connectivity index (χ3v) is 4.47. The number of anilines is 3. The first-order valence-electron chi connectivity index (χ1n) is 8.51. The maximum atomic E-state index is 12.9. The molecule has 130 valence electrons. The molecule has 2 heterocycles. The monoisotopic (exact) mass is 345 g/mol. The molecule has 0 saturated heterocycles. The average Bonchev–Trinajstić information content (AvgIpc) is 3.12. The molecule has 1 aliphatic heterocycles. The lowest BCUT2D eigenvalue weighted by Gasteiger charge is -2.17. The van der Waals surface area contributed by atoms with E-state index in [9.17, 15) is 4.79 Å². The van der Waals surface area contributed by atoms with E-state index in [0.29, 0.717) is 12.2 Å². The van der Waals surface area contributed by atoms with Crippen molar-refractivity contribution in [3.8, 4) is 5.75 Å². The van der Waals surface area contributed by atoms with Crippen LogP contribution in [0.15, 0.2) is 66.9 Å². The normalized spacial score (nSPS) is 12.6. The third kappa shape index (κ3) is 3.11. The fourth-order valence-electron chi connectivity index (χ4n) is 3.18. The van der Waals surface area contributed by atoms with E-state index in [-0.39, 0.29) is 5.91 Å². The molecule has 4 rings (SSSR count). The maximum Gasteiger partial charge on any atom is 0.276 e. The Kier molecular flexibility index (Phi) is 4.27. The van der Waals surface area contributed by atoms with Crippen molar-refractivity contribution in [3.05, 3.63) is 78.1 Å². The number of carbonyl (C=O) groups excluding carboxylic acids is 1. The second-order valence-electron chi connectivity index (χ2n) is 6.12. The number of para-hydroxylation sites is 1. The number of ether oxygens (including phenoxy) is 1. The van der Waals surface area contributed by atoms with Gasteiger partial charge in [0.15, 0.2) is 0 Å². The van der Waals surface area contributed by atoms with Gasteiger partial charge in [-0.2, -0.15) is 0 Å². The molecule has 0 aliphatic carbocycles. The number of methoxy groups -OCH3 is 1. The Morgan fingerprint density at radius 1 is 1.08 bits per heavy atom. The van der Waals surface area contributed by atoms with Crippen LogP contribution in [-0.2, 0) is 6.42 Å². The highest BCUT2D eigenvalue weighted by Crippen LogP contribution is 2.29. The molecule has 0 spiro atoms. The van der Waals surface area contributed by atoms with Gasteiger partial charge in [-0.3, -0.25) is 9.78 Å². The van der Waals surface area contributed by atoms with Gasteiger partial charge in [0.1, 0.15) is 11.4 Å². The number of fused-ring (bicyclic) bond motifs is 1. The number of aromatic nitrogens is 1. The highest BCUT2D eigenvalue weighted by atomic mass is 16.5. The van der Waals surface area contributed by atoms with E-state index >= 15 is 0 Å². The molecule has 0 atom stereocenters. The van der Waals surface area contributed by atoms with Crippen LogP contribution in [0.25, 0.3) is 0 Å². The molecular weight excluding hydrogens is 326 g/mol.